The van der Waals surface area contributed by atoms with Crippen molar-refractivity contribution in [3.8, 4) is 46.5 Å². The molecule has 6 N–H and O–H groups in total. The van der Waals surface area contributed by atoms with Crippen molar-refractivity contribution >= 4 is 0 Å². The third-order valence-corrected chi connectivity index (χ3v) is 5.38. The zero-order valence-corrected chi connectivity index (χ0v) is 20.2. The first-order valence-electron chi connectivity index (χ1n) is 11.6. The van der Waals surface area contributed by atoms with E-state index < -0.39 is 0 Å². The summed E-state index contributed by atoms with van der Waals surface area (Å²) < 4.78 is 0. The van der Waals surface area contributed by atoms with Crippen LogP contribution < -0.4 is 11.5 Å². The van der Waals surface area contributed by atoms with Gasteiger partial charge >= 0.3 is 0 Å². The molecule has 1 aliphatic rings. The number of aryl methyl sites for hydroxylation is 2. The van der Waals surface area contributed by atoms with Gasteiger partial charge in [-0.3, -0.25) is 0 Å². The molecule has 2 heterocycles. The third kappa shape index (κ3) is 5.63. The van der Waals surface area contributed by atoms with Crippen LogP contribution in [0, 0.1) is 18.8 Å². The number of terminal acetylenes is 1. The summed E-state index contributed by atoms with van der Waals surface area (Å²) in [5.74, 6) is 2.48. The summed E-state index contributed by atoms with van der Waals surface area (Å²) >= 11 is 0. The van der Waals surface area contributed by atoms with Gasteiger partial charge in [-0.15, -0.1) is 12.8 Å². The number of H-pyrrole nitrogens is 2. The molecule has 0 atom stereocenters. The van der Waals surface area contributed by atoms with E-state index in [0.717, 1.165) is 47.4 Å². The minimum absolute atomic E-state index is 0.414. The van der Waals surface area contributed by atoms with Gasteiger partial charge in [-0.2, -0.15) is 0 Å². The van der Waals surface area contributed by atoms with E-state index in [1.165, 1.54) is 27.9 Å². The van der Waals surface area contributed by atoms with Gasteiger partial charge in [0.1, 0.15) is 11.6 Å². The average molecular weight is 455 g/mol. The van der Waals surface area contributed by atoms with Crippen LogP contribution in [0.2, 0.25) is 0 Å². The van der Waals surface area contributed by atoms with Gasteiger partial charge in [0, 0.05) is 11.3 Å². The fraction of sp³-hybridized carbons (Fsp3) is 0.286. The predicted octanol–water partition coefficient (Wildman–Crippen LogP) is 5.06. The molecule has 6 nitrogen and oxygen atoms in total. The Morgan fingerprint density at radius 3 is 2.09 bits per heavy atom. The van der Waals surface area contributed by atoms with Crippen molar-refractivity contribution in [2.75, 3.05) is 0 Å². The fourth-order valence-electron chi connectivity index (χ4n) is 3.89. The number of fused-ring (bicyclic) bond motifs is 3. The van der Waals surface area contributed by atoms with Crippen molar-refractivity contribution in [2.24, 2.45) is 17.4 Å². The van der Waals surface area contributed by atoms with Crippen LogP contribution in [0.15, 0.2) is 48.7 Å². The molecule has 5 rings (SSSR count). The molecule has 0 fully saturated rings. The zero-order valence-electron chi connectivity index (χ0n) is 20.2. The van der Waals surface area contributed by atoms with E-state index in [2.05, 4.69) is 96.0 Å². The van der Waals surface area contributed by atoms with Gasteiger partial charge in [0.25, 0.3) is 0 Å². The number of nitrogens with two attached hydrogens (primary N) is 2. The lowest BCUT2D eigenvalue weighted by molar-refractivity contribution is 0.737. The zero-order chi connectivity index (χ0) is 24.7. The van der Waals surface area contributed by atoms with Gasteiger partial charge in [-0.1, -0.05) is 63.2 Å². The molecule has 0 bridgehead atoms. The second-order valence-corrected chi connectivity index (χ2v) is 8.84. The number of aromatic nitrogens is 4. The summed E-state index contributed by atoms with van der Waals surface area (Å²) in [4.78, 5) is 15.5. The molecule has 0 amide bonds. The van der Waals surface area contributed by atoms with Crippen LogP contribution in [0.1, 0.15) is 43.7 Å². The number of rotatable bonds is 4. The number of nitrogens with zero attached hydrogens (tertiary/aromatic N) is 2. The topological polar surface area (TPSA) is 109 Å². The molecule has 2 aromatic carbocycles. The maximum atomic E-state index is 5.74. The van der Waals surface area contributed by atoms with Crippen molar-refractivity contribution < 1.29 is 0 Å². The first-order valence-corrected chi connectivity index (χ1v) is 11.6. The summed E-state index contributed by atoms with van der Waals surface area (Å²) in [6.07, 6.45) is 11.8. The Morgan fingerprint density at radius 1 is 0.853 bits per heavy atom. The third-order valence-electron chi connectivity index (χ3n) is 5.38. The van der Waals surface area contributed by atoms with Crippen LogP contribution in [0.25, 0.3) is 33.6 Å². The molecule has 4 aromatic rings. The standard InChI is InChI=1S/C22H22N6.C4H10.C2H2/c23-10-20-25-12-19(27-20)14-3-1-13(2-4-14)15-5-7-17-16(9-15)6-8-18-22(17)28-21(11-24)26-18;1-4(2)3;1-2/h1-5,7,9,12H,6,8,10-11,23-24H2,(H,25,27)(H,26,28);4H,1-3H3;1-2H. The highest BCUT2D eigenvalue weighted by atomic mass is 15.0. The normalized spacial score (nSPS) is 11.5. The van der Waals surface area contributed by atoms with Crippen molar-refractivity contribution in [1.29, 1.82) is 0 Å². The number of imidazole rings is 2. The van der Waals surface area contributed by atoms with Gasteiger partial charge < -0.3 is 21.4 Å². The number of hydrogen-bond donors (Lipinski definition) is 4. The largest absolute Gasteiger partial charge is 0.344 e. The van der Waals surface area contributed by atoms with E-state index in [1.807, 2.05) is 6.20 Å². The lowest BCUT2D eigenvalue weighted by Crippen LogP contribution is -2.03. The smallest absolute Gasteiger partial charge is 0.120 e. The number of nitrogens with one attached hydrogen (secondary N) is 2. The predicted molar refractivity (Wildman–Crippen MR) is 141 cm³/mol. The Hall–Kier alpha value is -3.66. The maximum absolute atomic E-state index is 5.74. The highest BCUT2D eigenvalue weighted by Gasteiger charge is 2.20. The second-order valence-electron chi connectivity index (χ2n) is 8.84. The van der Waals surface area contributed by atoms with Crippen LogP contribution >= 0.6 is 0 Å². The van der Waals surface area contributed by atoms with E-state index in [0.29, 0.717) is 13.1 Å². The van der Waals surface area contributed by atoms with Gasteiger partial charge in [-0.25, -0.2) is 9.97 Å². The Bertz CT molecular complexity index is 1220. The number of benzene rings is 2. The molecule has 0 aliphatic heterocycles. The van der Waals surface area contributed by atoms with Crippen LogP contribution in [0.3, 0.4) is 0 Å². The fourth-order valence-corrected chi connectivity index (χ4v) is 3.89. The SMILES string of the molecule is C#C.CC(C)C.NCc1ncc(-c2ccc(-c3ccc4c(c3)CCc3[nH]c(CN)nc3-4)cc2)[nH]1. The molecule has 0 saturated carbocycles. The monoisotopic (exact) mass is 454 g/mol. The number of hydrogen-bond acceptors (Lipinski definition) is 4. The second kappa shape index (κ2) is 11.5. The quantitative estimate of drug-likeness (QED) is 0.323. The Labute approximate surface area is 202 Å². The molecule has 6 heteroatoms. The molecule has 0 spiro atoms. The number of aromatic amines is 2. The highest BCUT2D eigenvalue weighted by molar-refractivity contribution is 5.75. The molecular formula is C28H34N6. The van der Waals surface area contributed by atoms with Crippen LogP contribution in [-0.2, 0) is 25.9 Å². The summed E-state index contributed by atoms with van der Waals surface area (Å²) in [5, 5.41) is 0. The minimum Gasteiger partial charge on any atom is -0.344 e. The molecule has 1 aliphatic carbocycles. The Balaban J connectivity index is 0.000000492. The molecule has 0 unspecified atom stereocenters. The van der Waals surface area contributed by atoms with Gasteiger partial charge in [0.15, 0.2) is 0 Å². The first-order chi connectivity index (χ1) is 16.5. The molecule has 34 heavy (non-hydrogen) atoms. The Kier molecular flexibility index (Phi) is 8.42. The van der Waals surface area contributed by atoms with Gasteiger partial charge in [0.2, 0.25) is 0 Å². The van der Waals surface area contributed by atoms with Gasteiger partial charge in [-0.05, 0) is 41.0 Å². The first kappa shape index (κ1) is 25.0. The van der Waals surface area contributed by atoms with Crippen LogP contribution in [0.5, 0.6) is 0 Å². The Morgan fingerprint density at radius 2 is 1.47 bits per heavy atom. The molecular weight excluding hydrogens is 420 g/mol. The van der Waals surface area contributed by atoms with Crippen molar-refractivity contribution in [3.63, 3.8) is 0 Å². The minimum atomic E-state index is 0.414. The summed E-state index contributed by atoms with van der Waals surface area (Å²) in [6.45, 7) is 7.35. The highest BCUT2D eigenvalue weighted by Crippen LogP contribution is 2.35. The summed E-state index contributed by atoms with van der Waals surface area (Å²) in [7, 11) is 0. The summed E-state index contributed by atoms with van der Waals surface area (Å²) in [5.41, 5.74) is 20.7. The lowest BCUT2D eigenvalue weighted by atomic mass is 9.89. The molecule has 176 valence electrons. The van der Waals surface area contributed by atoms with E-state index in [1.54, 1.807) is 0 Å². The van der Waals surface area contributed by atoms with E-state index >= 15 is 0 Å². The van der Waals surface area contributed by atoms with Crippen molar-refractivity contribution in [2.45, 2.75) is 46.7 Å². The van der Waals surface area contributed by atoms with Crippen molar-refractivity contribution in [3.05, 3.63) is 71.6 Å². The van der Waals surface area contributed by atoms with E-state index in [9.17, 15) is 0 Å². The summed E-state index contributed by atoms with van der Waals surface area (Å²) in [6, 6.07) is 15.2. The maximum Gasteiger partial charge on any atom is 0.120 e. The van der Waals surface area contributed by atoms with Crippen LogP contribution in [-0.4, -0.2) is 19.9 Å². The van der Waals surface area contributed by atoms with Crippen molar-refractivity contribution in [1.82, 2.24) is 19.9 Å². The molecule has 2 aromatic heterocycles. The average Bonchev–Trinajstić information content (AvgIpc) is 3.52. The molecule has 0 radical (unpaired) electrons. The molecule has 0 saturated heterocycles. The van der Waals surface area contributed by atoms with E-state index in [-0.39, 0.29) is 0 Å². The van der Waals surface area contributed by atoms with Gasteiger partial charge in [0.05, 0.1) is 30.7 Å². The van der Waals surface area contributed by atoms with Crippen LogP contribution in [0.4, 0.5) is 0 Å². The lowest BCUT2D eigenvalue weighted by Gasteiger charge is -2.16. The van der Waals surface area contributed by atoms with E-state index in [4.69, 9.17) is 11.5 Å².